The molecule has 3 nitrogen and oxygen atoms in total. The van der Waals surface area contributed by atoms with Crippen LogP contribution < -0.4 is 4.74 Å². The number of hydrogen-bond donors (Lipinski definition) is 0. The van der Waals surface area contributed by atoms with Gasteiger partial charge in [-0.25, -0.2) is 4.98 Å². The molecular weight excluding hydrogens is 342 g/mol. The topological polar surface area (TPSA) is 35.3 Å². The molecule has 3 aromatic rings. The molecule has 0 bridgehead atoms. The molecule has 1 aliphatic carbocycles. The molecule has 0 amide bonds. The zero-order valence-corrected chi connectivity index (χ0v) is 13.7. The lowest BCUT2D eigenvalue weighted by atomic mass is 10.2. The second-order valence-corrected chi connectivity index (χ2v) is 6.60. The van der Waals surface area contributed by atoms with Crippen molar-refractivity contribution in [2.75, 3.05) is 0 Å². The molecule has 0 atom stereocenters. The van der Waals surface area contributed by atoms with Gasteiger partial charge in [0.25, 0.3) is 0 Å². The number of nitrogens with zero attached hydrogens (tertiary/aromatic N) is 1. The van der Waals surface area contributed by atoms with Crippen LogP contribution in [-0.4, -0.2) is 11.1 Å². The van der Waals surface area contributed by atoms with Crippen molar-refractivity contribution in [3.63, 3.8) is 0 Å². The summed E-state index contributed by atoms with van der Waals surface area (Å²) in [6, 6.07) is 13.9. The van der Waals surface area contributed by atoms with Crippen molar-refractivity contribution in [1.29, 1.82) is 0 Å². The van der Waals surface area contributed by atoms with E-state index in [2.05, 4.69) is 20.9 Å². The molecule has 2 aromatic carbocycles. The molecular formula is C18H16BrNO2. The monoisotopic (exact) mass is 357 g/mol. The lowest BCUT2D eigenvalue weighted by molar-refractivity contribution is 0.210. The van der Waals surface area contributed by atoms with Crippen molar-refractivity contribution in [2.24, 2.45) is 0 Å². The van der Waals surface area contributed by atoms with Gasteiger partial charge in [0.2, 0.25) is 5.89 Å². The van der Waals surface area contributed by atoms with E-state index in [9.17, 15) is 0 Å². The molecule has 22 heavy (non-hydrogen) atoms. The molecule has 4 rings (SSSR count). The first-order valence-electron chi connectivity index (χ1n) is 7.61. The van der Waals surface area contributed by atoms with Crippen molar-refractivity contribution >= 4 is 27.0 Å². The Hall–Kier alpha value is -1.81. The van der Waals surface area contributed by atoms with E-state index >= 15 is 0 Å². The Morgan fingerprint density at radius 2 is 1.95 bits per heavy atom. The predicted molar refractivity (Wildman–Crippen MR) is 90.0 cm³/mol. The highest BCUT2D eigenvalue weighted by molar-refractivity contribution is 9.10. The van der Waals surface area contributed by atoms with E-state index in [0.717, 1.165) is 39.7 Å². The van der Waals surface area contributed by atoms with E-state index < -0.39 is 0 Å². The standard InChI is InChI=1S/C18H16BrNO2/c19-13-8-9-16-17(11-13)22-18(20-16)12-4-3-7-15(10-12)21-14-5-1-2-6-14/h3-4,7-11,14H,1-2,5-6H2. The van der Waals surface area contributed by atoms with Gasteiger partial charge in [-0.2, -0.15) is 0 Å². The molecule has 1 aliphatic rings. The average Bonchev–Trinajstić information content (AvgIpc) is 3.16. The predicted octanol–water partition coefficient (Wildman–Crippen LogP) is 5.58. The summed E-state index contributed by atoms with van der Waals surface area (Å²) in [5.41, 5.74) is 2.59. The van der Waals surface area contributed by atoms with Crippen LogP contribution in [0.1, 0.15) is 25.7 Å². The minimum absolute atomic E-state index is 0.356. The lowest BCUT2D eigenvalue weighted by Gasteiger charge is -2.13. The number of rotatable bonds is 3. The number of ether oxygens (including phenoxy) is 1. The van der Waals surface area contributed by atoms with Gasteiger partial charge in [-0.15, -0.1) is 0 Å². The Kier molecular flexibility index (Phi) is 3.62. The molecule has 0 aliphatic heterocycles. The van der Waals surface area contributed by atoms with Crippen LogP contribution in [0.3, 0.4) is 0 Å². The number of benzene rings is 2. The maximum Gasteiger partial charge on any atom is 0.227 e. The number of hydrogen-bond acceptors (Lipinski definition) is 3. The van der Waals surface area contributed by atoms with Crippen molar-refractivity contribution in [1.82, 2.24) is 4.98 Å². The molecule has 1 fully saturated rings. The summed E-state index contributed by atoms with van der Waals surface area (Å²) in [4.78, 5) is 4.55. The van der Waals surface area contributed by atoms with E-state index in [1.165, 1.54) is 12.8 Å². The Balaban J connectivity index is 1.65. The van der Waals surface area contributed by atoms with Gasteiger partial charge in [0.1, 0.15) is 11.3 Å². The molecule has 0 unspecified atom stereocenters. The summed E-state index contributed by atoms with van der Waals surface area (Å²) in [6.45, 7) is 0. The number of halogens is 1. The fourth-order valence-corrected chi connectivity index (χ4v) is 3.26. The van der Waals surface area contributed by atoms with Gasteiger partial charge in [0.05, 0.1) is 6.10 Å². The third-order valence-corrected chi connectivity index (χ3v) is 4.53. The van der Waals surface area contributed by atoms with E-state index in [0.29, 0.717) is 12.0 Å². The largest absolute Gasteiger partial charge is 0.490 e. The summed E-state index contributed by atoms with van der Waals surface area (Å²) >= 11 is 3.45. The minimum Gasteiger partial charge on any atom is -0.490 e. The maximum atomic E-state index is 6.05. The molecule has 1 saturated carbocycles. The second kappa shape index (κ2) is 5.76. The van der Waals surface area contributed by atoms with Gasteiger partial charge in [-0.1, -0.05) is 22.0 Å². The van der Waals surface area contributed by atoms with Crippen LogP contribution >= 0.6 is 15.9 Å². The summed E-state index contributed by atoms with van der Waals surface area (Å²) in [6.07, 6.45) is 5.20. The number of aromatic nitrogens is 1. The van der Waals surface area contributed by atoms with Crippen LogP contribution in [0.2, 0.25) is 0 Å². The van der Waals surface area contributed by atoms with Crippen molar-refractivity contribution in [2.45, 2.75) is 31.8 Å². The van der Waals surface area contributed by atoms with Crippen molar-refractivity contribution in [3.05, 3.63) is 46.9 Å². The molecule has 0 N–H and O–H groups in total. The van der Waals surface area contributed by atoms with Gasteiger partial charge in [-0.3, -0.25) is 0 Å². The highest BCUT2D eigenvalue weighted by atomic mass is 79.9. The van der Waals surface area contributed by atoms with Crippen LogP contribution in [0.5, 0.6) is 5.75 Å². The normalized spacial score (nSPS) is 15.5. The zero-order chi connectivity index (χ0) is 14.9. The van der Waals surface area contributed by atoms with Crippen molar-refractivity contribution < 1.29 is 9.15 Å². The van der Waals surface area contributed by atoms with Crippen LogP contribution in [-0.2, 0) is 0 Å². The molecule has 4 heteroatoms. The molecule has 0 spiro atoms. The number of oxazole rings is 1. The van der Waals surface area contributed by atoms with E-state index in [1.807, 2.05) is 42.5 Å². The van der Waals surface area contributed by atoms with Gasteiger partial charge in [0.15, 0.2) is 5.58 Å². The van der Waals surface area contributed by atoms with Gasteiger partial charge in [-0.05, 0) is 62.1 Å². The third kappa shape index (κ3) is 2.75. The Morgan fingerprint density at radius 1 is 1.09 bits per heavy atom. The van der Waals surface area contributed by atoms with E-state index in [1.54, 1.807) is 0 Å². The SMILES string of the molecule is Brc1ccc2nc(-c3cccc(OC4CCCC4)c3)oc2c1. The van der Waals surface area contributed by atoms with Gasteiger partial charge < -0.3 is 9.15 Å². The maximum absolute atomic E-state index is 6.05. The Bertz CT molecular complexity index is 806. The highest BCUT2D eigenvalue weighted by Crippen LogP contribution is 2.30. The fraction of sp³-hybridized carbons (Fsp3) is 0.278. The lowest BCUT2D eigenvalue weighted by Crippen LogP contribution is -2.10. The van der Waals surface area contributed by atoms with Gasteiger partial charge >= 0.3 is 0 Å². The third-order valence-electron chi connectivity index (χ3n) is 4.04. The van der Waals surface area contributed by atoms with Crippen LogP contribution in [0.25, 0.3) is 22.6 Å². The molecule has 0 radical (unpaired) electrons. The van der Waals surface area contributed by atoms with Crippen LogP contribution in [0.15, 0.2) is 51.4 Å². The van der Waals surface area contributed by atoms with Crippen LogP contribution in [0, 0.1) is 0 Å². The summed E-state index contributed by atoms with van der Waals surface area (Å²) in [5, 5.41) is 0. The first-order chi connectivity index (χ1) is 10.8. The van der Waals surface area contributed by atoms with Crippen LogP contribution in [0.4, 0.5) is 0 Å². The average molecular weight is 358 g/mol. The first kappa shape index (κ1) is 13.8. The summed E-state index contributed by atoms with van der Waals surface area (Å²) in [5.74, 6) is 1.53. The summed E-state index contributed by atoms with van der Waals surface area (Å²) in [7, 11) is 0. The first-order valence-corrected chi connectivity index (χ1v) is 8.40. The Morgan fingerprint density at radius 3 is 2.82 bits per heavy atom. The van der Waals surface area contributed by atoms with Gasteiger partial charge in [0, 0.05) is 10.0 Å². The second-order valence-electron chi connectivity index (χ2n) is 5.68. The smallest absolute Gasteiger partial charge is 0.227 e. The van der Waals surface area contributed by atoms with Crippen molar-refractivity contribution in [3.8, 4) is 17.2 Å². The quantitative estimate of drug-likeness (QED) is 0.613. The van der Waals surface area contributed by atoms with E-state index in [4.69, 9.17) is 9.15 Å². The zero-order valence-electron chi connectivity index (χ0n) is 12.1. The molecule has 1 aromatic heterocycles. The summed E-state index contributed by atoms with van der Waals surface area (Å²) < 4.78 is 12.9. The fourth-order valence-electron chi connectivity index (χ4n) is 2.92. The minimum atomic E-state index is 0.356. The number of fused-ring (bicyclic) bond motifs is 1. The van der Waals surface area contributed by atoms with E-state index in [-0.39, 0.29) is 0 Å². The Labute approximate surface area is 137 Å². The molecule has 0 saturated heterocycles. The highest BCUT2D eigenvalue weighted by Gasteiger charge is 2.17. The molecule has 1 heterocycles. The molecule has 112 valence electrons.